The molecule has 0 radical (unpaired) electrons. The summed E-state index contributed by atoms with van der Waals surface area (Å²) < 4.78 is 36.4. The molecule has 5 heteroatoms. The molecule has 0 atom stereocenters. The molecule has 0 aliphatic heterocycles. The summed E-state index contributed by atoms with van der Waals surface area (Å²) >= 11 is 0. The van der Waals surface area contributed by atoms with Crippen LogP contribution in [0, 0.1) is 0 Å². The number of hydrogen-bond acceptors (Lipinski definition) is 3. The van der Waals surface area contributed by atoms with Gasteiger partial charge >= 0.3 is 0 Å². The van der Waals surface area contributed by atoms with E-state index in [4.69, 9.17) is 9.29 Å². The third-order valence-corrected chi connectivity index (χ3v) is 3.40. The highest BCUT2D eigenvalue weighted by Gasteiger charge is 2.11. The van der Waals surface area contributed by atoms with Gasteiger partial charge in [-0.25, -0.2) is 0 Å². The van der Waals surface area contributed by atoms with Gasteiger partial charge in [-0.15, -0.1) is 0 Å². The van der Waals surface area contributed by atoms with Crippen molar-refractivity contribution in [3.63, 3.8) is 0 Å². The van der Waals surface area contributed by atoms with Crippen LogP contribution in [0.3, 0.4) is 0 Å². The predicted molar refractivity (Wildman–Crippen MR) is 68.2 cm³/mol. The van der Waals surface area contributed by atoms with Gasteiger partial charge in [0.15, 0.2) is 0 Å². The van der Waals surface area contributed by atoms with Crippen LogP contribution in [0.15, 0.2) is 53.4 Å². The second-order valence-corrected chi connectivity index (χ2v) is 5.12. The zero-order chi connectivity index (χ0) is 13.2. The van der Waals surface area contributed by atoms with Crippen LogP contribution >= 0.6 is 0 Å². The Kier molecular flexibility index (Phi) is 3.36. The molecule has 2 aromatic rings. The number of rotatable bonds is 3. The predicted octanol–water partition coefficient (Wildman–Crippen LogP) is 2.61. The average molecular weight is 264 g/mol. The fourth-order valence-corrected chi connectivity index (χ4v) is 2.23. The van der Waals surface area contributed by atoms with E-state index in [-0.39, 0.29) is 4.90 Å². The molecule has 0 bridgehead atoms. The quantitative estimate of drug-likeness (QED) is 0.865. The number of ether oxygens (including phenoxy) is 1. The summed E-state index contributed by atoms with van der Waals surface area (Å²) in [7, 11) is -2.65. The molecule has 0 aliphatic rings. The molecule has 94 valence electrons. The normalized spacial score (nSPS) is 11.2. The highest BCUT2D eigenvalue weighted by molar-refractivity contribution is 7.85. The molecule has 0 heterocycles. The van der Waals surface area contributed by atoms with Crippen molar-refractivity contribution in [2.45, 2.75) is 4.90 Å². The van der Waals surface area contributed by atoms with Crippen LogP contribution in [-0.2, 0) is 10.1 Å². The topological polar surface area (TPSA) is 63.6 Å². The van der Waals surface area contributed by atoms with Gasteiger partial charge in [0.05, 0.1) is 12.0 Å². The summed E-state index contributed by atoms with van der Waals surface area (Å²) in [6.07, 6.45) is 0. The SMILES string of the molecule is COc1ccccc1-c1cccc(S(=O)(=O)O)c1. The molecule has 0 saturated carbocycles. The Morgan fingerprint density at radius 2 is 1.78 bits per heavy atom. The van der Waals surface area contributed by atoms with Gasteiger partial charge in [-0.3, -0.25) is 4.55 Å². The molecule has 1 N–H and O–H groups in total. The highest BCUT2D eigenvalue weighted by atomic mass is 32.2. The Morgan fingerprint density at radius 3 is 2.44 bits per heavy atom. The molecule has 0 fully saturated rings. The summed E-state index contributed by atoms with van der Waals surface area (Å²) in [6, 6.07) is 13.4. The lowest BCUT2D eigenvalue weighted by atomic mass is 10.1. The van der Waals surface area contributed by atoms with E-state index in [0.29, 0.717) is 11.3 Å². The molecule has 0 saturated heterocycles. The minimum Gasteiger partial charge on any atom is -0.496 e. The first-order valence-electron chi connectivity index (χ1n) is 5.23. The van der Waals surface area contributed by atoms with E-state index in [2.05, 4.69) is 0 Å². The highest BCUT2D eigenvalue weighted by Crippen LogP contribution is 2.30. The Morgan fingerprint density at radius 1 is 1.06 bits per heavy atom. The number of benzene rings is 2. The Bertz CT molecular complexity index is 662. The van der Waals surface area contributed by atoms with Gasteiger partial charge in [-0.05, 0) is 23.8 Å². The third-order valence-electron chi connectivity index (χ3n) is 2.55. The van der Waals surface area contributed by atoms with Gasteiger partial charge < -0.3 is 4.74 Å². The monoisotopic (exact) mass is 264 g/mol. The van der Waals surface area contributed by atoms with Crippen LogP contribution < -0.4 is 4.74 Å². The van der Waals surface area contributed by atoms with Crippen LogP contribution in [0.1, 0.15) is 0 Å². The average Bonchev–Trinajstić information content (AvgIpc) is 2.38. The molecule has 0 unspecified atom stereocenters. The minimum absolute atomic E-state index is 0.133. The lowest BCUT2D eigenvalue weighted by Crippen LogP contribution is -1.98. The summed E-state index contributed by atoms with van der Waals surface area (Å²) in [4.78, 5) is -0.133. The maximum Gasteiger partial charge on any atom is 0.294 e. The van der Waals surface area contributed by atoms with Gasteiger partial charge in [-0.1, -0.05) is 30.3 Å². The molecule has 2 rings (SSSR count). The number of methoxy groups -OCH3 is 1. The van der Waals surface area contributed by atoms with Gasteiger partial charge in [0.2, 0.25) is 0 Å². The molecule has 18 heavy (non-hydrogen) atoms. The van der Waals surface area contributed by atoms with Crippen LogP contribution in [-0.4, -0.2) is 20.1 Å². The van der Waals surface area contributed by atoms with Crippen molar-refractivity contribution >= 4 is 10.1 Å². The summed E-state index contributed by atoms with van der Waals surface area (Å²) in [5, 5.41) is 0. The Labute approximate surface area is 106 Å². The molecule has 2 aromatic carbocycles. The summed E-state index contributed by atoms with van der Waals surface area (Å²) in [5.74, 6) is 0.644. The number of hydrogen-bond donors (Lipinski definition) is 1. The third kappa shape index (κ3) is 2.52. The standard InChI is InChI=1S/C13H12O4S/c1-17-13-8-3-2-7-12(13)10-5-4-6-11(9-10)18(14,15)16/h2-9H,1H3,(H,14,15,16). The van der Waals surface area contributed by atoms with E-state index in [9.17, 15) is 8.42 Å². The van der Waals surface area contributed by atoms with E-state index >= 15 is 0 Å². The van der Waals surface area contributed by atoms with Crippen LogP contribution in [0.2, 0.25) is 0 Å². The Balaban J connectivity index is 2.58. The van der Waals surface area contributed by atoms with Gasteiger partial charge in [0, 0.05) is 5.56 Å². The molecule has 0 aliphatic carbocycles. The van der Waals surface area contributed by atoms with Crippen molar-refractivity contribution in [1.82, 2.24) is 0 Å². The van der Waals surface area contributed by atoms with E-state index in [1.807, 2.05) is 18.2 Å². The second-order valence-electron chi connectivity index (χ2n) is 3.70. The molecular weight excluding hydrogens is 252 g/mol. The summed E-state index contributed by atoms with van der Waals surface area (Å²) in [5.41, 5.74) is 1.44. The van der Waals surface area contributed by atoms with Crippen molar-refractivity contribution in [3.8, 4) is 16.9 Å². The first kappa shape index (κ1) is 12.6. The molecule has 4 nitrogen and oxygen atoms in total. The fraction of sp³-hybridized carbons (Fsp3) is 0.0769. The zero-order valence-corrected chi connectivity index (χ0v) is 10.5. The van der Waals surface area contributed by atoms with Gasteiger partial charge in [-0.2, -0.15) is 8.42 Å². The van der Waals surface area contributed by atoms with Crippen molar-refractivity contribution in [3.05, 3.63) is 48.5 Å². The molecular formula is C13H12O4S. The van der Waals surface area contributed by atoms with Crippen LogP contribution in [0.5, 0.6) is 5.75 Å². The van der Waals surface area contributed by atoms with Crippen LogP contribution in [0.4, 0.5) is 0 Å². The second kappa shape index (κ2) is 4.80. The summed E-state index contributed by atoms with van der Waals surface area (Å²) in [6.45, 7) is 0. The van der Waals surface area contributed by atoms with Crippen molar-refractivity contribution in [2.75, 3.05) is 7.11 Å². The van der Waals surface area contributed by atoms with E-state index in [1.54, 1.807) is 25.3 Å². The van der Waals surface area contributed by atoms with Crippen molar-refractivity contribution in [1.29, 1.82) is 0 Å². The zero-order valence-electron chi connectivity index (χ0n) is 9.70. The molecule has 0 spiro atoms. The van der Waals surface area contributed by atoms with E-state index in [0.717, 1.165) is 5.56 Å². The largest absolute Gasteiger partial charge is 0.496 e. The van der Waals surface area contributed by atoms with Crippen molar-refractivity contribution < 1.29 is 17.7 Å². The molecule has 0 aromatic heterocycles. The fourth-order valence-electron chi connectivity index (χ4n) is 1.71. The van der Waals surface area contributed by atoms with Crippen molar-refractivity contribution in [2.24, 2.45) is 0 Å². The van der Waals surface area contributed by atoms with Crippen LogP contribution in [0.25, 0.3) is 11.1 Å². The smallest absolute Gasteiger partial charge is 0.294 e. The maximum atomic E-state index is 11.1. The maximum absolute atomic E-state index is 11.1. The lowest BCUT2D eigenvalue weighted by Gasteiger charge is -2.08. The van der Waals surface area contributed by atoms with E-state index < -0.39 is 10.1 Å². The number of para-hydroxylation sites is 1. The minimum atomic E-state index is -4.19. The molecule has 0 amide bonds. The lowest BCUT2D eigenvalue weighted by molar-refractivity contribution is 0.416. The first-order valence-corrected chi connectivity index (χ1v) is 6.67. The van der Waals surface area contributed by atoms with Gasteiger partial charge in [0.25, 0.3) is 10.1 Å². The first-order chi connectivity index (χ1) is 8.52. The Hall–Kier alpha value is -1.85. The van der Waals surface area contributed by atoms with Gasteiger partial charge in [0.1, 0.15) is 5.75 Å². The van der Waals surface area contributed by atoms with E-state index in [1.165, 1.54) is 12.1 Å².